The molecule has 1 N–H and O–H groups in total. The van der Waals surface area contributed by atoms with Gasteiger partial charge in [-0.3, -0.25) is 4.79 Å². The molecule has 6 rings (SSSR count). The smallest absolute Gasteiger partial charge is 0.321 e. The van der Waals surface area contributed by atoms with Gasteiger partial charge in [-0.1, -0.05) is 42.5 Å². The van der Waals surface area contributed by atoms with E-state index in [0.29, 0.717) is 36.4 Å². The average Bonchev–Trinajstić information content (AvgIpc) is 2.89. The predicted octanol–water partition coefficient (Wildman–Crippen LogP) is 5.19. The molecule has 0 aliphatic carbocycles. The van der Waals surface area contributed by atoms with E-state index < -0.39 is 0 Å². The molecule has 2 bridgehead atoms. The van der Waals surface area contributed by atoms with Gasteiger partial charge in [0.05, 0.1) is 11.6 Å². The number of nitriles is 1. The Kier molecular flexibility index (Phi) is 5.11. The first kappa shape index (κ1) is 21.2. The molecule has 6 nitrogen and oxygen atoms in total. The average molecular weight is 461 g/mol. The lowest BCUT2D eigenvalue weighted by Gasteiger charge is -2.42. The fraction of sp³-hybridized carbons (Fsp3) is 0.207. The Morgan fingerprint density at radius 2 is 1.77 bits per heavy atom. The van der Waals surface area contributed by atoms with E-state index in [1.807, 2.05) is 33.7 Å². The number of amides is 2. The number of anilines is 1. The van der Waals surface area contributed by atoms with Crippen molar-refractivity contribution in [2.75, 3.05) is 18.4 Å². The third kappa shape index (κ3) is 3.85. The van der Waals surface area contributed by atoms with Gasteiger partial charge >= 0.3 is 6.03 Å². The summed E-state index contributed by atoms with van der Waals surface area (Å²) in [6, 6.07) is 27.2. The zero-order chi connectivity index (χ0) is 23.9. The van der Waals surface area contributed by atoms with Crippen LogP contribution in [0.15, 0.2) is 83.7 Å². The Morgan fingerprint density at radius 1 is 0.914 bits per heavy atom. The highest BCUT2D eigenvalue weighted by Gasteiger charge is 2.36. The van der Waals surface area contributed by atoms with Crippen LogP contribution in [0, 0.1) is 17.2 Å². The zero-order valence-corrected chi connectivity index (χ0v) is 19.1. The molecule has 172 valence electrons. The lowest BCUT2D eigenvalue weighted by Crippen LogP contribution is -2.50. The van der Waals surface area contributed by atoms with Gasteiger partial charge in [0.25, 0.3) is 5.56 Å². The molecule has 0 saturated carbocycles. The summed E-state index contributed by atoms with van der Waals surface area (Å²) in [5.74, 6) is 0.346. The highest BCUT2D eigenvalue weighted by atomic mass is 16.2. The van der Waals surface area contributed by atoms with Crippen LogP contribution in [0.25, 0.3) is 21.9 Å². The number of nitrogens with zero attached hydrogens (tertiary/aromatic N) is 3. The molecule has 1 aromatic heterocycles. The lowest BCUT2D eigenvalue weighted by molar-refractivity contribution is 0.139. The number of urea groups is 1. The topological polar surface area (TPSA) is 78.1 Å². The van der Waals surface area contributed by atoms with Crippen molar-refractivity contribution in [3.05, 3.63) is 100 Å². The minimum absolute atomic E-state index is 0.0405. The Balaban J connectivity index is 1.26. The second-order valence-electron chi connectivity index (χ2n) is 9.48. The minimum atomic E-state index is -0.168. The number of carbonyl (C=O) groups excluding carboxylic acids is 1. The van der Waals surface area contributed by atoms with Crippen LogP contribution in [-0.4, -0.2) is 28.6 Å². The Labute approximate surface area is 203 Å². The van der Waals surface area contributed by atoms with Gasteiger partial charge in [0.2, 0.25) is 0 Å². The zero-order valence-electron chi connectivity index (χ0n) is 19.1. The van der Waals surface area contributed by atoms with E-state index in [2.05, 4.69) is 41.7 Å². The van der Waals surface area contributed by atoms with Crippen molar-refractivity contribution >= 4 is 22.5 Å². The van der Waals surface area contributed by atoms with Crippen molar-refractivity contribution in [1.29, 1.82) is 5.26 Å². The van der Waals surface area contributed by atoms with Gasteiger partial charge in [-0.15, -0.1) is 0 Å². The molecule has 2 unspecified atom stereocenters. The fourth-order valence-corrected chi connectivity index (χ4v) is 5.56. The van der Waals surface area contributed by atoms with Gasteiger partial charge in [0, 0.05) is 42.5 Å². The SMILES string of the molecule is N#Cc1cccc(NC(=O)N2CC3CC(C2)c2ccc(-c4ccc5ccccc5c4)c(=O)n2C3)c1. The van der Waals surface area contributed by atoms with Gasteiger partial charge in [-0.25, -0.2) is 4.79 Å². The number of benzene rings is 3. The van der Waals surface area contributed by atoms with Gasteiger partial charge in [-0.05, 0) is 65.1 Å². The molecular weight excluding hydrogens is 436 g/mol. The molecule has 0 spiro atoms. The van der Waals surface area contributed by atoms with E-state index in [0.717, 1.165) is 28.5 Å². The van der Waals surface area contributed by atoms with E-state index in [-0.39, 0.29) is 23.4 Å². The molecule has 1 fully saturated rings. The number of pyridine rings is 1. The van der Waals surface area contributed by atoms with Crippen molar-refractivity contribution in [1.82, 2.24) is 9.47 Å². The van der Waals surface area contributed by atoms with Crippen LogP contribution in [0.2, 0.25) is 0 Å². The number of rotatable bonds is 2. The number of aromatic nitrogens is 1. The maximum Gasteiger partial charge on any atom is 0.321 e. The summed E-state index contributed by atoms with van der Waals surface area (Å²) in [5.41, 5.74) is 3.81. The number of piperidine rings is 1. The number of fused-ring (bicyclic) bond motifs is 5. The highest BCUT2D eigenvalue weighted by Crippen LogP contribution is 2.36. The molecule has 3 aromatic carbocycles. The summed E-state index contributed by atoms with van der Waals surface area (Å²) >= 11 is 0. The van der Waals surface area contributed by atoms with E-state index in [1.165, 1.54) is 0 Å². The van der Waals surface area contributed by atoms with Gasteiger partial charge < -0.3 is 14.8 Å². The van der Waals surface area contributed by atoms with E-state index in [1.54, 1.807) is 24.3 Å². The van der Waals surface area contributed by atoms with E-state index in [4.69, 9.17) is 5.26 Å². The lowest BCUT2D eigenvalue weighted by atomic mass is 9.83. The van der Waals surface area contributed by atoms with Crippen molar-refractivity contribution < 1.29 is 4.79 Å². The fourth-order valence-electron chi connectivity index (χ4n) is 5.56. The van der Waals surface area contributed by atoms with E-state index in [9.17, 15) is 9.59 Å². The Bertz CT molecular complexity index is 1570. The molecule has 35 heavy (non-hydrogen) atoms. The number of likely N-dealkylation sites (tertiary alicyclic amines) is 1. The molecule has 2 aliphatic rings. The molecule has 2 amide bonds. The largest absolute Gasteiger partial charge is 0.324 e. The first-order valence-corrected chi connectivity index (χ1v) is 11.9. The van der Waals surface area contributed by atoms with Crippen molar-refractivity contribution in [2.45, 2.75) is 18.9 Å². The minimum Gasteiger partial charge on any atom is -0.324 e. The van der Waals surface area contributed by atoms with E-state index >= 15 is 0 Å². The summed E-state index contributed by atoms with van der Waals surface area (Å²) in [7, 11) is 0. The maximum absolute atomic E-state index is 13.5. The second kappa shape index (κ2) is 8.44. The molecule has 1 saturated heterocycles. The predicted molar refractivity (Wildman–Crippen MR) is 136 cm³/mol. The monoisotopic (exact) mass is 460 g/mol. The van der Waals surface area contributed by atoms with Gasteiger partial charge in [0.15, 0.2) is 0 Å². The van der Waals surface area contributed by atoms with Crippen LogP contribution < -0.4 is 10.9 Å². The Hall–Kier alpha value is -4.37. The van der Waals surface area contributed by atoms with Crippen molar-refractivity contribution in [3.63, 3.8) is 0 Å². The third-order valence-corrected chi connectivity index (χ3v) is 7.19. The van der Waals surface area contributed by atoms with Crippen molar-refractivity contribution in [2.24, 2.45) is 5.92 Å². The first-order chi connectivity index (χ1) is 17.1. The quantitative estimate of drug-likeness (QED) is 0.447. The van der Waals surface area contributed by atoms with Crippen LogP contribution in [0.4, 0.5) is 10.5 Å². The standard InChI is InChI=1S/C29H24N4O2/c30-15-19-4-3-7-25(13-19)31-29(35)32-16-20-12-24(18-32)27-11-10-26(28(34)33(27)17-20)23-9-8-21-5-1-2-6-22(21)14-23/h1-11,13-14,20,24H,12,16-18H2,(H,31,35). The third-order valence-electron chi connectivity index (χ3n) is 7.19. The summed E-state index contributed by atoms with van der Waals surface area (Å²) in [4.78, 5) is 28.4. The summed E-state index contributed by atoms with van der Waals surface area (Å²) in [5, 5.41) is 14.3. The highest BCUT2D eigenvalue weighted by molar-refractivity contribution is 5.90. The van der Waals surface area contributed by atoms with Crippen LogP contribution >= 0.6 is 0 Å². The first-order valence-electron chi connectivity index (χ1n) is 11.9. The van der Waals surface area contributed by atoms with Crippen LogP contribution in [0.5, 0.6) is 0 Å². The number of carbonyl (C=O) groups is 1. The van der Waals surface area contributed by atoms with Crippen LogP contribution in [0.3, 0.4) is 0 Å². The second-order valence-corrected chi connectivity index (χ2v) is 9.48. The summed E-state index contributed by atoms with van der Waals surface area (Å²) in [6.07, 6.45) is 0.975. The normalized spacial score (nSPS) is 18.5. The summed E-state index contributed by atoms with van der Waals surface area (Å²) < 4.78 is 1.93. The Morgan fingerprint density at radius 3 is 2.63 bits per heavy atom. The summed E-state index contributed by atoms with van der Waals surface area (Å²) in [6.45, 7) is 1.78. The van der Waals surface area contributed by atoms with Gasteiger partial charge in [0.1, 0.15) is 0 Å². The van der Waals surface area contributed by atoms with Crippen molar-refractivity contribution in [3.8, 4) is 17.2 Å². The maximum atomic E-state index is 13.5. The number of hydrogen-bond donors (Lipinski definition) is 1. The van der Waals surface area contributed by atoms with Crippen LogP contribution in [0.1, 0.15) is 23.6 Å². The molecule has 0 radical (unpaired) electrons. The molecule has 6 heteroatoms. The number of hydrogen-bond acceptors (Lipinski definition) is 3. The molecule has 3 heterocycles. The van der Waals surface area contributed by atoms with Crippen LogP contribution in [-0.2, 0) is 6.54 Å². The molecule has 2 aliphatic heterocycles. The molecule has 4 aromatic rings. The number of nitrogens with one attached hydrogen (secondary N) is 1. The van der Waals surface area contributed by atoms with Gasteiger partial charge in [-0.2, -0.15) is 5.26 Å². The molecule has 2 atom stereocenters. The molecular formula is C29H24N4O2.